The molecule has 0 bridgehead atoms. The van der Waals surface area contributed by atoms with Gasteiger partial charge in [0.25, 0.3) is 0 Å². The van der Waals surface area contributed by atoms with E-state index in [0.717, 1.165) is 12.8 Å². The summed E-state index contributed by atoms with van der Waals surface area (Å²) in [5.74, 6) is 0.495. The molecule has 1 aliphatic carbocycles. The van der Waals surface area contributed by atoms with Crippen LogP contribution in [0.4, 0.5) is 0 Å². The van der Waals surface area contributed by atoms with Crippen LogP contribution < -0.4 is 0 Å². The van der Waals surface area contributed by atoms with Crippen molar-refractivity contribution >= 4 is 21.6 Å². The highest BCUT2D eigenvalue weighted by atomic mass is 35.5. The summed E-state index contributed by atoms with van der Waals surface area (Å²) in [5.41, 5.74) is 0. The quantitative estimate of drug-likeness (QED) is 0.791. The number of hydrogen-bond acceptors (Lipinski definition) is 3. The lowest BCUT2D eigenvalue weighted by molar-refractivity contribution is 0.357. The molecule has 0 N–H and O–H groups in total. The first-order valence-electron chi connectivity index (χ1n) is 5.52. The van der Waals surface area contributed by atoms with E-state index in [1.54, 1.807) is 7.05 Å². The third-order valence-corrected chi connectivity index (χ3v) is 5.41. The molecule has 1 aromatic rings. The lowest BCUT2D eigenvalue weighted by Crippen LogP contribution is -2.36. The molecule has 1 fully saturated rings. The van der Waals surface area contributed by atoms with E-state index in [0.29, 0.717) is 11.1 Å². The van der Waals surface area contributed by atoms with Gasteiger partial charge in [-0.3, -0.25) is 0 Å². The van der Waals surface area contributed by atoms with Gasteiger partial charge in [0.1, 0.15) is 10.0 Å². The second-order valence-electron chi connectivity index (χ2n) is 4.42. The van der Waals surface area contributed by atoms with E-state index in [4.69, 9.17) is 11.6 Å². The Balaban J connectivity index is 2.25. The van der Waals surface area contributed by atoms with Crippen LogP contribution in [0.5, 0.6) is 0 Å². The van der Waals surface area contributed by atoms with E-state index < -0.39 is 10.0 Å². The summed E-state index contributed by atoms with van der Waals surface area (Å²) in [4.78, 5) is 4.00. The van der Waals surface area contributed by atoms with Crippen molar-refractivity contribution < 1.29 is 8.42 Å². The van der Waals surface area contributed by atoms with E-state index in [2.05, 4.69) is 4.98 Å². The number of halogens is 1. The minimum atomic E-state index is -3.45. The van der Waals surface area contributed by atoms with Crippen LogP contribution in [-0.4, -0.2) is 30.8 Å². The van der Waals surface area contributed by atoms with Crippen LogP contribution in [0.25, 0.3) is 0 Å². The highest BCUT2D eigenvalue weighted by Crippen LogP contribution is 2.36. The van der Waals surface area contributed by atoms with Crippen molar-refractivity contribution in [3.8, 4) is 0 Å². The average Bonchev–Trinajstić information content (AvgIpc) is 3.11. The van der Waals surface area contributed by atoms with Crippen molar-refractivity contribution in [3.63, 3.8) is 0 Å². The predicted octanol–water partition coefficient (Wildman–Crippen LogP) is 2.15. The molecule has 0 amide bonds. The van der Waals surface area contributed by atoms with E-state index in [-0.39, 0.29) is 10.9 Å². The van der Waals surface area contributed by atoms with E-state index in [1.807, 2.05) is 6.92 Å². The molecule has 1 aliphatic rings. The lowest BCUT2D eigenvalue weighted by atomic mass is 10.2. The molecule has 4 nitrogen and oxygen atoms in total. The first kappa shape index (κ1) is 12.8. The maximum Gasteiger partial charge on any atom is 0.244 e. The van der Waals surface area contributed by atoms with Crippen molar-refractivity contribution in [3.05, 3.63) is 23.5 Å². The Bertz CT molecular complexity index is 497. The SMILES string of the molecule is CC(C1CC1)N(C)S(=O)(=O)c1ccc(Cl)nc1. The molecule has 6 heteroatoms. The maximum atomic E-state index is 12.3. The van der Waals surface area contributed by atoms with Gasteiger partial charge >= 0.3 is 0 Å². The standard InChI is InChI=1S/C11H15ClN2O2S/c1-8(9-3-4-9)14(2)17(15,16)10-5-6-11(12)13-7-10/h5-9H,3-4H2,1-2H3. The monoisotopic (exact) mass is 274 g/mol. The number of aromatic nitrogens is 1. The largest absolute Gasteiger partial charge is 0.244 e. The summed E-state index contributed by atoms with van der Waals surface area (Å²) in [5, 5.41) is 0.293. The normalized spacial score (nSPS) is 18.4. The molecule has 2 rings (SSSR count). The molecular formula is C11H15ClN2O2S. The first-order valence-corrected chi connectivity index (χ1v) is 7.34. The Morgan fingerprint density at radius 1 is 1.47 bits per heavy atom. The van der Waals surface area contributed by atoms with Gasteiger partial charge in [-0.05, 0) is 37.8 Å². The Labute approximate surface area is 107 Å². The van der Waals surface area contributed by atoms with E-state index in [9.17, 15) is 8.42 Å². The van der Waals surface area contributed by atoms with Gasteiger partial charge in [-0.25, -0.2) is 13.4 Å². The minimum absolute atomic E-state index is 0.0377. The molecular weight excluding hydrogens is 260 g/mol. The molecule has 94 valence electrons. The number of hydrogen-bond donors (Lipinski definition) is 0. The summed E-state index contributed by atoms with van der Waals surface area (Å²) in [6, 6.07) is 3.01. The zero-order valence-electron chi connectivity index (χ0n) is 9.80. The van der Waals surface area contributed by atoms with E-state index in [1.165, 1.54) is 22.6 Å². The molecule has 0 saturated heterocycles. The second kappa shape index (κ2) is 4.55. The topological polar surface area (TPSA) is 50.3 Å². The van der Waals surface area contributed by atoms with Crippen LogP contribution in [0.15, 0.2) is 23.2 Å². The second-order valence-corrected chi connectivity index (χ2v) is 6.80. The number of sulfonamides is 1. The van der Waals surface area contributed by atoms with Crippen molar-refractivity contribution in [2.45, 2.75) is 30.7 Å². The van der Waals surface area contributed by atoms with Crippen molar-refractivity contribution in [1.29, 1.82) is 0 Å². The molecule has 1 atom stereocenters. The fourth-order valence-corrected chi connectivity index (χ4v) is 3.26. The number of nitrogens with zero attached hydrogens (tertiary/aromatic N) is 2. The third kappa shape index (κ3) is 2.61. The lowest BCUT2D eigenvalue weighted by Gasteiger charge is -2.23. The van der Waals surface area contributed by atoms with Crippen LogP contribution in [0, 0.1) is 5.92 Å². The number of rotatable bonds is 4. The van der Waals surface area contributed by atoms with Gasteiger partial charge in [0.15, 0.2) is 0 Å². The van der Waals surface area contributed by atoms with Gasteiger partial charge in [0.05, 0.1) is 0 Å². The summed E-state index contributed by atoms with van der Waals surface area (Å²) in [6.07, 6.45) is 3.52. The fourth-order valence-electron chi connectivity index (χ4n) is 1.78. The molecule has 1 heterocycles. The molecule has 0 spiro atoms. The molecule has 17 heavy (non-hydrogen) atoms. The van der Waals surface area contributed by atoms with Crippen LogP contribution in [-0.2, 0) is 10.0 Å². The summed E-state index contributed by atoms with van der Waals surface area (Å²) in [7, 11) is -1.83. The summed E-state index contributed by atoms with van der Waals surface area (Å²) >= 11 is 5.64. The maximum absolute atomic E-state index is 12.3. The van der Waals surface area contributed by atoms with Gasteiger partial charge in [0.2, 0.25) is 10.0 Å². The summed E-state index contributed by atoms with van der Waals surface area (Å²) in [6.45, 7) is 1.94. The van der Waals surface area contributed by atoms with Crippen molar-refractivity contribution in [2.75, 3.05) is 7.05 Å². The van der Waals surface area contributed by atoms with Gasteiger partial charge < -0.3 is 0 Å². The predicted molar refractivity (Wildman–Crippen MR) is 66.4 cm³/mol. The smallest absolute Gasteiger partial charge is 0.243 e. The highest BCUT2D eigenvalue weighted by Gasteiger charge is 2.36. The summed E-state index contributed by atoms with van der Waals surface area (Å²) < 4.78 is 25.9. The van der Waals surface area contributed by atoms with Crippen LogP contribution >= 0.6 is 11.6 Å². The highest BCUT2D eigenvalue weighted by molar-refractivity contribution is 7.89. The van der Waals surface area contributed by atoms with Gasteiger partial charge in [-0.2, -0.15) is 4.31 Å². The van der Waals surface area contributed by atoms with Crippen LogP contribution in [0.1, 0.15) is 19.8 Å². The Hall–Kier alpha value is -0.650. The van der Waals surface area contributed by atoms with Crippen molar-refractivity contribution in [1.82, 2.24) is 9.29 Å². The Kier molecular flexibility index (Phi) is 3.43. The van der Waals surface area contributed by atoms with Gasteiger partial charge in [-0.15, -0.1) is 0 Å². The van der Waals surface area contributed by atoms with Crippen LogP contribution in [0.3, 0.4) is 0 Å². The van der Waals surface area contributed by atoms with Crippen molar-refractivity contribution in [2.24, 2.45) is 5.92 Å². The zero-order chi connectivity index (χ0) is 12.6. The molecule has 0 aromatic carbocycles. The molecule has 1 aromatic heterocycles. The molecule has 1 unspecified atom stereocenters. The third-order valence-electron chi connectivity index (χ3n) is 3.26. The number of pyridine rings is 1. The molecule has 0 aliphatic heterocycles. The van der Waals surface area contributed by atoms with Gasteiger partial charge in [-0.1, -0.05) is 11.6 Å². The first-order chi connectivity index (χ1) is 7.93. The Morgan fingerprint density at radius 3 is 2.59 bits per heavy atom. The average molecular weight is 275 g/mol. The zero-order valence-corrected chi connectivity index (χ0v) is 11.4. The fraction of sp³-hybridized carbons (Fsp3) is 0.545. The molecule has 1 saturated carbocycles. The molecule has 0 radical (unpaired) electrons. The van der Waals surface area contributed by atoms with Crippen LogP contribution in [0.2, 0.25) is 5.15 Å². The van der Waals surface area contributed by atoms with E-state index >= 15 is 0 Å². The minimum Gasteiger partial charge on any atom is -0.243 e. The Morgan fingerprint density at radius 2 is 2.12 bits per heavy atom. The van der Waals surface area contributed by atoms with Gasteiger partial charge in [0, 0.05) is 19.3 Å².